The largest absolute Gasteiger partial charge is 0.356 e. The highest BCUT2D eigenvalue weighted by molar-refractivity contribution is 5.77. The first kappa shape index (κ1) is 8.09. The van der Waals surface area contributed by atoms with Crippen LogP contribution in [0.4, 0.5) is 0 Å². The highest BCUT2D eigenvalue weighted by Gasteiger charge is 2.37. The Morgan fingerprint density at radius 2 is 2.17 bits per heavy atom. The number of piperidine rings is 1. The van der Waals surface area contributed by atoms with E-state index in [9.17, 15) is 4.79 Å². The van der Waals surface area contributed by atoms with Crippen molar-refractivity contribution >= 4 is 5.91 Å². The lowest BCUT2D eigenvalue weighted by atomic mass is 9.89. The van der Waals surface area contributed by atoms with Crippen LogP contribution in [0.5, 0.6) is 0 Å². The third-order valence-electron chi connectivity index (χ3n) is 3.53. The molecule has 1 unspecified atom stereocenters. The van der Waals surface area contributed by atoms with E-state index in [2.05, 4.69) is 12.2 Å². The van der Waals surface area contributed by atoms with Gasteiger partial charge in [-0.15, -0.1) is 0 Å². The molecule has 0 spiro atoms. The number of hydrogen-bond donors (Lipinski definition) is 1. The van der Waals surface area contributed by atoms with E-state index in [-0.39, 0.29) is 5.91 Å². The molecule has 2 nitrogen and oxygen atoms in total. The normalized spacial score (nSPS) is 40.8. The number of nitrogens with one attached hydrogen (secondary N) is 1. The van der Waals surface area contributed by atoms with Crippen LogP contribution in [-0.2, 0) is 4.79 Å². The molecule has 1 saturated carbocycles. The molecule has 2 rings (SSSR count). The molecule has 68 valence electrons. The Balaban J connectivity index is 1.97. The van der Waals surface area contributed by atoms with Gasteiger partial charge in [-0.1, -0.05) is 13.3 Å². The van der Waals surface area contributed by atoms with Crippen LogP contribution in [0.1, 0.15) is 32.6 Å². The zero-order valence-electron chi connectivity index (χ0n) is 7.68. The van der Waals surface area contributed by atoms with Crippen LogP contribution in [-0.4, -0.2) is 12.5 Å². The van der Waals surface area contributed by atoms with Gasteiger partial charge in [0.2, 0.25) is 5.91 Å². The number of fused-ring (bicyclic) bond motifs is 1. The lowest BCUT2D eigenvalue weighted by Crippen LogP contribution is -2.38. The van der Waals surface area contributed by atoms with E-state index in [0.29, 0.717) is 5.92 Å². The van der Waals surface area contributed by atoms with Crippen molar-refractivity contribution in [3.8, 4) is 0 Å². The van der Waals surface area contributed by atoms with Crippen molar-refractivity contribution in [1.29, 1.82) is 0 Å². The van der Waals surface area contributed by atoms with Gasteiger partial charge in [0, 0.05) is 13.0 Å². The van der Waals surface area contributed by atoms with Crippen LogP contribution in [0.15, 0.2) is 0 Å². The maximum atomic E-state index is 11.1. The van der Waals surface area contributed by atoms with Gasteiger partial charge in [-0.2, -0.15) is 0 Å². The Bertz CT molecular complexity index is 190. The maximum Gasteiger partial charge on any atom is 0.220 e. The fraction of sp³-hybridized carbons (Fsp3) is 0.900. The Morgan fingerprint density at radius 3 is 2.92 bits per heavy atom. The summed E-state index contributed by atoms with van der Waals surface area (Å²) in [7, 11) is 0. The molecular formula is C10H17NO. The molecule has 0 aromatic heterocycles. The van der Waals surface area contributed by atoms with Crippen LogP contribution in [0.3, 0.4) is 0 Å². The fourth-order valence-corrected chi connectivity index (χ4v) is 2.73. The summed E-state index contributed by atoms with van der Waals surface area (Å²) in [6.45, 7) is 3.21. The monoisotopic (exact) mass is 167 g/mol. The van der Waals surface area contributed by atoms with Crippen LogP contribution >= 0.6 is 0 Å². The standard InChI is InChI=1S/C10H17NO/c1-2-7-3-8-5-10(12)11-6-9(8)4-7/h7-9H,2-6H2,1H3,(H,11,12)/t7?,8-,9+/m0/s1. The molecule has 1 saturated heterocycles. The second-order valence-electron chi connectivity index (χ2n) is 4.27. The number of rotatable bonds is 1. The average Bonchev–Trinajstić information content (AvgIpc) is 2.46. The first-order chi connectivity index (χ1) is 5.79. The quantitative estimate of drug-likeness (QED) is 0.631. The van der Waals surface area contributed by atoms with Gasteiger partial charge in [0.25, 0.3) is 0 Å². The minimum atomic E-state index is 0.271. The minimum Gasteiger partial charge on any atom is -0.356 e. The first-order valence-corrected chi connectivity index (χ1v) is 5.06. The molecule has 1 amide bonds. The molecule has 0 bridgehead atoms. The molecular weight excluding hydrogens is 150 g/mol. The summed E-state index contributed by atoms with van der Waals surface area (Å²) in [4.78, 5) is 11.1. The first-order valence-electron chi connectivity index (χ1n) is 5.06. The second kappa shape index (κ2) is 3.08. The lowest BCUT2D eigenvalue weighted by molar-refractivity contribution is -0.124. The van der Waals surface area contributed by atoms with Gasteiger partial charge in [0.05, 0.1) is 0 Å². The van der Waals surface area contributed by atoms with Gasteiger partial charge in [-0.25, -0.2) is 0 Å². The SMILES string of the molecule is CCC1C[C@H]2CC(=O)NC[C@H]2C1. The molecule has 1 heterocycles. The van der Waals surface area contributed by atoms with Crippen LogP contribution < -0.4 is 5.32 Å². The van der Waals surface area contributed by atoms with E-state index in [4.69, 9.17) is 0 Å². The smallest absolute Gasteiger partial charge is 0.220 e. The van der Waals surface area contributed by atoms with Gasteiger partial charge in [0.1, 0.15) is 0 Å². The number of hydrogen-bond acceptors (Lipinski definition) is 1. The van der Waals surface area contributed by atoms with Crippen molar-refractivity contribution < 1.29 is 4.79 Å². The third-order valence-corrected chi connectivity index (χ3v) is 3.53. The third kappa shape index (κ3) is 1.35. The van der Waals surface area contributed by atoms with Gasteiger partial charge in [-0.05, 0) is 30.6 Å². The van der Waals surface area contributed by atoms with Crippen LogP contribution in [0.2, 0.25) is 0 Å². The highest BCUT2D eigenvalue weighted by atomic mass is 16.1. The summed E-state index contributed by atoms with van der Waals surface area (Å²) in [5.74, 6) is 2.68. The van der Waals surface area contributed by atoms with Crippen LogP contribution in [0, 0.1) is 17.8 Å². The van der Waals surface area contributed by atoms with Crippen molar-refractivity contribution in [3.05, 3.63) is 0 Å². The summed E-state index contributed by atoms with van der Waals surface area (Å²) in [5, 5.41) is 2.96. The molecule has 1 N–H and O–H groups in total. The molecule has 1 aliphatic carbocycles. The fourth-order valence-electron chi connectivity index (χ4n) is 2.73. The van der Waals surface area contributed by atoms with Crippen LogP contribution in [0.25, 0.3) is 0 Å². The number of carbonyl (C=O) groups excluding carboxylic acids is 1. The van der Waals surface area contributed by atoms with E-state index in [1.807, 2.05) is 0 Å². The molecule has 2 aliphatic rings. The molecule has 0 aromatic carbocycles. The van der Waals surface area contributed by atoms with Crippen molar-refractivity contribution in [2.45, 2.75) is 32.6 Å². The number of amides is 1. The highest BCUT2D eigenvalue weighted by Crippen LogP contribution is 2.40. The topological polar surface area (TPSA) is 29.1 Å². The predicted octanol–water partition coefficient (Wildman–Crippen LogP) is 1.56. The zero-order chi connectivity index (χ0) is 8.55. The summed E-state index contributed by atoms with van der Waals surface area (Å²) in [6.07, 6.45) is 4.73. The molecule has 2 heteroatoms. The van der Waals surface area contributed by atoms with Crippen molar-refractivity contribution in [2.75, 3.05) is 6.54 Å². The lowest BCUT2D eigenvalue weighted by Gasteiger charge is -2.24. The maximum absolute atomic E-state index is 11.1. The Labute approximate surface area is 73.7 Å². The van der Waals surface area contributed by atoms with Crippen molar-refractivity contribution in [1.82, 2.24) is 5.32 Å². The number of carbonyl (C=O) groups is 1. The van der Waals surface area contributed by atoms with E-state index in [1.54, 1.807) is 0 Å². The van der Waals surface area contributed by atoms with E-state index < -0.39 is 0 Å². The molecule has 0 radical (unpaired) electrons. The summed E-state index contributed by atoms with van der Waals surface area (Å²) in [6, 6.07) is 0. The summed E-state index contributed by atoms with van der Waals surface area (Å²) >= 11 is 0. The zero-order valence-corrected chi connectivity index (χ0v) is 7.68. The predicted molar refractivity (Wildman–Crippen MR) is 47.6 cm³/mol. The van der Waals surface area contributed by atoms with Gasteiger partial charge in [-0.3, -0.25) is 4.79 Å². The van der Waals surface area contributed by atoms with E-state index in [0.717, 1.165) is 24.8 Å². The van der Waals surface area contributed by atoms with E-state index >= 15 is 0 Å². The summed E-state index contributed by atoms with van der Waals surface area (Å²) in [5.41, 5.74) is 0. The molecule has 12 heavy (non-hydrogen) atoms. The van der Waals surface area contributed by atoms with E-state index in [1.165, 1.54) is 19.3 Å². The molecule has 0 aromatic rings. The Morgan fingerprint density at radius 1 is 1.42 bits per heavy atom. The summed E-state index contributed by atoms with van der Waals surface area (Å²) < 4.78 is 0. The van der Waals surface area contributed by atoms with Gasteiger partial charge in [0.15, 0.2) is 0 Å². The molecule has 1 aliphatic heterocycles. The second-order valence-corrected chi connectivity index (χ2v) is 4.27. The molecule has 2 fully saturated rings. The van der Waals surface area contributed by atoms with Gasteiger partial charge < -0.3 is 5.32 Å². The molecule has 3 atom stereocenters. The Hall–Kier alpha value is -0.530. The van der Waals surface area contributed by atoms with Crippen molar-refractivity contribution in [2.24, 2.45) is 17.8 Å². The van der Waals surface area contributed by atoms with Gasteiger partial charge >= 0.3 is 0 Å². The van der Waals surface area contributed by atoms with Crippen molar-refractivity contribution in [3.63, 3.8) is 0 Å². The minimum absolute atomic E-state index is 0.271. The average molecular weight is 167 g/mol. The Kier molecular flexibility index (Phi) is 2.07.